The van der Waals surface area contributed by atoms with Crippen molar-refractivity contribution >= 4 is 20.5 Å². The molecule has 0 saturated carbocycles. The molecule has 0 spiro atoms. The van der Waals surface area contributed by atoms with Crippen molar-refractivity contribution < 1.29 is 4.79 Å². The first-order chi connectivity index (χ1) is 5.68. The molecule has 1 N–H and O–H groups in total. The van der Waals surface area contributed by atoms with Gasteiger partial charge in [0, 0.05) is 13.5 Å². The molecule has 64 valence electrons. The smallest absolute Gasteiger partial charge is 0.217 e. The number of hydrogen-bond acceptors (Lipinski definition) is 1. The molecule has 0 aromatic heterocycles. The van der Waals surface area contributed by atoms with E-state index in [1.54, 1.807) is 0 Å². The van der Waals surface area contributed by atoms with Crippen LogP contribution in [0.5, 0.6) is 0 Å². The molecule has 0 bridgehead atoms. The van der Waals surface area contributed by atoms with E-state index < -0.39 is 0 Å². The summed E-state index contributed by atoms with van der Waals surface area (Å²) in [6.07, 6.45) is 0. The molecule has 0 saturated heterocycles. The van der Waals surface area contributed by atoms with Crippen LogP contribution in [-0.4, -0.2) is 5.91 Å². The summed E-state index contributed by atoms with van der Waals surface area (Å²) in [7, 11) is 2.62. The van der Waals surface area contributed by atoms with Crippen molar-refractivity contribution in [2.45, 2.75) is 13.5 Å². The molecule has 0 aliphatic rings. The standard InChI is InChI=1S/C9H12NOP/c1-7(11)10-6-8-2-4-9(12)5-3-8/h2-5H,6,12H2,1H3,(H,10,11). The summed E-state index contributed by atoms with van der Waals surface area (Å²) < 4.78 is 0. The number of carbonyl (C=O) groups excluding carboxylic acids is 1. The van der Waals surface area contributed by atoms with Gasteiger partial charge < -0.3 is 5.32 Å². The van der Waals surface area contributed by atoms with Gasteiger partial charge in [0.05, 0.1) is 0 Å². The van der Waals surface area contributed by atoms with E-state index in [-0.39, 0.29) is 5.91 Å². The topological polar surface area (TPSA) is 29.1 Å². The van der Waals surface area contributed by atoms with Crippen LogP contribution in [0.3, 0.4) is 0 Å². The van der Waals surface area contributed by atoms with Crippen LogP contribution in [-0.2, 0) is 11.3 Å². The first-order valence-corrected chi connectivity index (χ1v) is 4.35. The molecule has 1 aromatic carbocycles. The summed E-state index contributed by atoms with van der Waals surface area (Å²) in [5.74, 6) is 0.00458. The molecule has 2 nitrogen and oxygen atoms in total. The summed E-state index contributed by atoms with van der Waals surface area (Å²) in [5, 5.41) is 3.89. The highest BCUT2D eigenvalue weighted by Crippen LogP contribution is 1.98. The SMILES string of the molecule is CC(=O)NCc1ccc(P)cc1. The second-order valence-corrected chi connectivity index (χ2v) is 3.32. The van der Waals surface area contributed by atoms with Crippen LogP contribution in [0.25, 0.3) is 0 Å². The van der Waals surface area contributed by atoms with Crippen molar-refractivity contribution in [1.29, 1.82) is 0 Å². The number of carbonyl (C=O) groups is 1. The molecule has 3 heteroatoms. The summed E-state index contributed by atoms with van der Waals surface area (Å²) in [4.78, 5) is 10.6. The number of nitrogens with one attached hydrogen (secondary N) is 1. The lowest BCUT2D eigenvalue weighted by Gasteiger charge is -2.01. The highest BCUT2D eigenvalue weighted by atomic mass is 31.0. The largest absolute Gasteiger partial charge is 0.352 e. The Balaban J connectivity index is 2.53. The van der Waals surface area contributed by atoms with Crippen LogP contribution < -0.4 is 10.6 Å². The van der Waals surface area contributed by atoms with Gasteiger partial charge in [0.1, 0.15) is 0 Å². The second kappa shape index (κ2) is 4.22. The molecular weight excluding hydrogens is 169 g/mol. The van der Waals surface area contributed by atoms with Gasteiger partial charge in [-0.3, -0.25) is 4.79 Å². The van der Waals surface area contributed by atoms with Gasteiger partial charge in [-0.25, -0.2) is 0 Å². The lowest BCUT2D eigenvalue weighted by atomic mass is 10.2. The first-order valence-electron chi connectivity index (χ1n) is 3.77. The average Bonchev–Trinajstić information content (AvgIpc) is 2.03. The number of amides is 1. The van der Waals surface area contributed by atoms with E-state index in [0.29, 0.717) is 6.54 Å². The maximum absolute atomic E-state index is 10.6. The molecule has 1 rings (SSSR count). The average molecular weight is 181 g/mol. The molecule has 0 aliphatic heterocycles. The van der Waals surface area contributed by atoms with E-state index in [4.69, 9.17) is 0 Å². The number of benzene rings is 1. The monoisotopic (exact) mass is 181 g/mol. The third-order valence-electron chi connectivity index (χ3n) is 1.52. The summed E-state index contributed by atoms with van der Waals surface area (Å²) >= 11 is 0. The Labute approximate surface area is 74.6 Å². The Hall–Kier alpha value is -0.880. The Morgan fingerprint density at radius 3 is 2.50 bits per heavy atom. The van der Waals surface area contributed by atoms with Crippen LogP contribution in [0, 0.1) is 0 Å². The maximum Gasteiger partial charge on any atom is 0.217 e. The van der Waals surface area contributed by atoms with Gasteiger partial charge in [-0.2, -0.15) is 0 Å². The minimum Gasteiger partial charge on any atom is -0.352 e. The fraction of sp³-hybridized carbons (Fsp3) is 0.222. The van der Waals surface area contributed by atoms with Crippen molar-refractivity contribution in [2.75, 3.05) is 0 Å². The normalized spacial score (nSPS) is 9.50. The van der Waals surface area contributed by atoms with Crippen molar-refractivity contribution in [3.8, 4) is 0 Å². The van der Waals surface area contributed by atoms with Crippen LogP contribution in [0.4, 0.5) is 0 Å². The third-order valence-corrected chi connectivity index (χ3v) is 1.91. The van der Waals surface area contributed by atoms with Crippen molar-refractivity contribution in [3.63, 3.8) is 0 Å². The van der Waals surface area contributed by atoms with Gasteiger partial charge in [-0.1, -0.05) is 24.3 Å². The molecule has 12 heavy (non-hydrogen) atoms. The van der Waals surface area contributed by atoms with E-state index in [1.165, 1.54) is 6.92 Å². The highest BCUT2D eigenvalue weighted by Gasteiger charge is 1.92. The van der Waals surface area contributed by atoms with E-state index in [2.05, 4.69) is 14.6 Å². The first kappa shape index (κ1) is 9.21. The molecule has 1 unspecified atom stereocenters. The zero-order valence-corrected chi connectivity index (χ0v) is 8.16. The molecule has 0 fully saturated rings. The minimum absolute atomic E-state index is 0.00458. The van der Waals surface area contributed by atoms with Gasteiger partial charge in [-0.15, -0.1) is 9.24 Å². The maximum atomic E-state index is 10.6. The minimum atomic E-state index is 0.00458. The zero-order chi connectivity index (χ0) is 8.97. The van der Waals surface area contributed by atoms with Crippen molar-refractivity contribution in [1.82, 2.24) is 5.32 Å². The van der Waals surface area contributed by atoms with Crippen molar-refractivity contribution in [3.05, 3.63) is 29.8 Å². The molecule has 0 aliphatic carbocycles. The van der Waals surface area contributed by atoms with E-state index >= 15 is 0 Å². The summed E-state index contributed by atoms with van der Waals surface area (Å²) in [5.41, 5.74) is 1.12. The molecular formula is C9H12NOP. The van der Waals surface area contributed by atoms with E-state index in [9.17, 15) is 4.79 Å². The number of hydrogen-bond donors (Lipinski definition) is 1. The molecule has 1 aromatic rings. The quantitative estimate of drug-likeness (QED) is 0.672. The lowest BCUT2D eigenvalue weighted by molar-refractivity contribution is -0.119. The lowest BCUT2D eigenvalue weighted by Crippen LogP contribution is -2.18. The van der Waals surface area contributed by atoms with Crippen LogP contribution in [0.1, 0.15) is 12.5 Å². The van der Waals surface area contributed by atoms with Gasteiger partial charge in [0.15, 0.2) is 0 Å². The van der Waals surface area contributed by atoms with E-state index in [0.717, 1.165) is 10.9 Å². The molecule has 0 radical (unpaired) electrons. The molecule has 0 heterocycles. The summed E-state index contributed by atoms with van der Waals surface area (Å²) in [6, 6.07) is 8.00. The molecule has 1 amide bonds. The number of rotatable bonds is 2. The van der Waals surface area contributed by atoms with Gasteiger partial charge in [0.25, 0.3) is 0 Å². The Morgan fingerprint density at radius 2 is 2.00 bits per heavy atom. The van der Waals surface area contributed by atoms with Crippen LogP contribution in [0.15, 0.2) is 24.3 Å². The fourth-order valence-electron chi connectivity index (χ4n) is 0.862. The molecule has 1 atom stereocenters. The van der Waals surface area contributed by atoms with Crippen LogP contribution in [0.2, 0.25) is 0 Å². The Bertz CT molecular complexity index is 268. The van der Waals surface area contributed by atoms with Gasteiger partial charge in [-0.05, 0) is 10.9 Å². The van der Waals surface area contributed by atoms with Crippen molar-refractivity contribution in [2.24, 2.45) is 0 Å². The van der Waals surface area contributed by atoms with E-state index in [1.807, 2.05) is 24.3 Å². The van der Waals surface area contributed by atoms with Gasteiger partial charge in [0.2, 0.25) is 5.91 Å². The second-order valence-electron chi connectivity index (χ2n) is 2.65. The van der Waals surface area contributed by atoms with Gasteiger partial charge >= 0.3 is 0 Å². The zero-order valence-electron chi connectivity index (χ0n) is 7.00. The predicted molar refractivity (Wildman–Crippen MR) is 53.3 cm³/mol. The predicted octanol–water partition coefficient (Wildman–Crippen LogP) is 0.823. The van der Waals surface area contributed by atoms with Crippen LogP contribution >= 0.6 is 9.24 Å². The summed E-state index contributed by atoms with van der Waals surface area (Å²) in [6.45, 7) is 2.13. The third kappa shape index (κ3) is 3.02. The Kier molecular flexibility index (Phi) is 3.24. The fourth-order valence-corrected chi connectivity index (χ4v) is 1.05. The highest BCUT2D eigenvalue weighted by molar-refractivity contribution is 7.27. The Morgan fingerprint density at radius 1 is 1.42 bits per heavy atom.